The van der Waals surface area contributed by atoms with Gasteiger partial charge >= 0.3 is 11.8 Å². The maximum Gasteiger partial charge on any atom is 0.439 e. The lowest BCUT2D eigenvalue weighted by atomic mass is 9.64. The molecule has 2 atom stereocenters. The molecule has 3 N–H and O–H groups in total. The van der Waals surface area contributed by atoms with Gasteiger partial charge in [0.15, 0.2) is 5.82 Å². The van der Waals surface area contributed by atoms with Gasteiger partial charge in [0, 0.05) is 11.3 Å². The van der Waals surface area contributed by atoms with Gasteiger partial charge in [0.2, 0.25) is 5.91 Å². The quantitative estimate of drug-likeness (QED) is 0.639. The van der Waals surface area contributed by atoms with E-state index >= 15 is 0 Å². The van der Waals surface area contributed by atoms with Gasteiger partial charge < -0.3 is 10.6 Å². The van der Waals surface area contributed by atoms with Crippen molar-refractivity contribution in [3.05, 3.63) is 34.8 Å². The van der Waals surface area contributed by atoms with E-state index in [0.29, 0.717) is 24.1 Å². The van der Waals surface area contributed by atoms with Crippen molar-refractivity contribution in [2.24, 2.45) is 11.3 Å². The molecule has 0 radical (unpaired) electrons. The maximum absolute atomic E-state index is 13.2. The summed E-state index contributed by atoms with van der Waals surface area (Å²) in [4.78, 5) is 52.9. The smallest absolute Gasteiger partial charge is 0.325 e. The first-order valence-corrected chi connectivity index (χ1v) is 10.2. The van der Waals surface area contributed by atoms with Crippen LogP contribution in [0.1, 0.15) is 40.0 Å². The van der Waals surface area contributed by atoms with Crippen LogP contribution in [0.25, 0.3) is 11.4 Å². The van der Waals surface area contributed by atoms with E-state index in [1.165, 1.54) is 0 Å². The molecular formula is C21H25N5O5. The molecule has 1 aromatic heterocycles. The summed E-state index contributed by atoms with van der Waals surface area (Å²) in [6, 6.07) is 6.07. The number of anilines is 1. The Bertz CT molecular complexity index is 1100. The Kier molecular flexibility index (Phi) is 4.95. The summed E-state index contributed by atoms with van der Waals surface area (Å²) >= 11 is 0. The van der Waals surface area contributed by atoms with Crippen LogP contribution in [0.3, 0.4) is 0 Å². The number of benzene rings is 1. The SMILES string of the molecule is CC1CC(C)(C)CC2(C1)NC(=O)N(CC(=O)Nc1cccc(-c3noc(=O)[nH]3)c1)C2=O. The molecule has 2 heterocycles. The summed E-state index contributed by atoms with van der Waals surface area (Å²) in [5, 5.41) is 9.16. The van der Waals surface area contributed by atoms with Crippen LogP contribution < -0.4 is 16.4 Å². The van der Waals surface area contributed by atoms with Crippen LogP contribution in [0.5, 0.6) is 0 Å². The maximum atomic E-state index is 13.2. The molecule has 0 bridgehead atoms. The lowest BCUT2D eigenvalue weighted by molar-refractivity contribution is -0.136. The zero-order valence-electron chi connectivity index (χ0n) is 17.7. The van der Waals surface area contributed by atoms with Crippen LogP contribution in [-0.2, 0) is 9.59 Å². The van der Waals surface area contributed by atoms with Gasteiger partial charge in [-0.2, -0.15) is 0 Å². The van der Waals surface area contributed by atoms with E-state index < -0.39 is 23.2 Å². The fourth-order valence-electron chi connectivity index (χ4n) is 5.09. The zero-order valence-corrected chi connectivity index (χ0v) is 17.7. The average molecular weight is 427 g/mol. The van der Waals surface area contributed by atoms with Crippen molar-refractivity contribution >= 4 is 23.5 Å². The summed E-state index contributed by atoms with van der Waals surface area (Å²) in [5.41, 5.74) is -0.0601. The minimum absolute atomic E-state index is 0.0819. The van der Waals surface area contributed by atoms with Crippen LogP contribution in [0.4, 0.5) is 10.5 Å². The molecule has 164 valence electrons. The number of imide groups is 1. The third kappa shape index (κ3) is 4.10. The van der Waals surface area contributed by atoms with E-state index in [1.807, 2.05) is 0 Å². The average Bonchev–Trinajstić information content (AvgIpc) is 3.18. The Hall–Kier alpha value is -3.43. The fourth-order valence-corrected chi connectivity index (χ4v) is 5.09. The van der Waals surface area contributed by atoms with Crippen molar-refractivity contribution in [1.82, 2.24) is 20.4 Å². The van der Waals surface area contributed by atoms with Crippen molar-refractivity contribution in [3.63, 3.8) is 0 Å². The number of aromatic nitrogens is 2. The molecule has 1 saturated heterocycles. The number of nitrogens with zero attached hydrogens (tertiary/aromatic N) is 2. The number of H-pyrrole nitrogens is 1. The highest BCUT2D eigenvalue weighted by Crippen LogP contribution is 2.46. The molecule has 2 fully saturated rings. The highest BCUT2D eigenvalue weighted by Gasteiger charge is 2.56. The standard InChI is InChI=1S/C21H25N5O5/c1-12-8-20(2,3)11-21(9-12)17(28)26(18(29)24-21)10-15(27)22-14-6-4-5-13(7-14)16-23-19(30)31-25-16/h4-7,12H,8-11H2,1-3H3,(H,22,27)(H,24,29)(H,23,25,30). The molecule has 1 aliphatic carbocycles. The monoisotopic (exact) mass is 427 g/mol. The van der Waals surface area contributed by atoms with Gasteiger partial charge in [-0.3, -0.25) is 24.0 Å². The van der Waals surface area contributed by atoms with Gasteiger partial charge in [0.1, 0.15) is 12.1 Å². The first kappa shape index (κ1) is 20.8. The second kappa shape index (κ2) is 7.36. The van der Waals surface area contributed by atoms with E-state index in [4.69, 9.17) is 0 Å². The van der Waals surface area contributed by atoms with Crippen LogP contribution in [-0.4, -0.2) is 45.0 Å². The van der Waals surface area contributed by atoms with E-state index in [2.05, 4.69) is 46.1 Å². The Morgan fingerprint density at radius 2 is 2.06 bits per heavy atom. The number of rotatable bonds is 4. The largest absolute Gasteiger partial charge is 0.439 e. The van der Waals surface area contributed by atoms with Gasteiger partial charge in [-0.25, -0.2) is 9.59 Å². The minimum atomic E-state index is -0.947. The van der Waals surface area contributed by atoms with Gasteiger partial charge in [-0.15, -0.1) is 0 Å². The summed E-state index contributed by atoms with van der Waals surface area (Å²) in [6.07, 6.45) is 2.09. The normalized spacial score (nSPS) is 25.0. The molecule has 4 rings (SSSR count). The predicted octanol–water partition coefficient (Wildman–Crippen LogP) is 2.11. The van der Waals surface area contributed by atoms with Crippen molar-refractivity contribution in [2.75, 3.05) is 11.9 Å². The molecule has 10 nitrogen and oxygen atoms in total. The van der Waals surface area contributed by atoms with E-state index in [0.717, 1.165) is 11.3 Å². The van der Waals surface area contributed by atoms with Crippen molar-refractivity contribution in [1.29, 1.82) is 0 Å². The lowest BCUT2D eigenvalue weighted by Crippen LogP contribution is -2.54. The third-order valence-corrected chi connectivity index (χ3v) is 5.79. The molecule has 1 spiro atoms. The number of nitrogens with one attached hydrogen (secondary N) is 3. The summed E-state index contributed by atoms with van der Waals surface area (Å²) in [7, 11) is 0. The topological polar surface area (TPSA) is 137 Å². The van der Waals surface area contributed by atoms with Crippen LogP contribution in [0.15, 0.2) is 33.6 Å². The summed E-state index contributed by atoms with van der Waals surface area (Å²) < 4.78 is 4.49. The van der Waals surface area contributed by atoms with Crippen molar-refractivity contribution in [3.8, 4) is 11.4 Å². The molecule has 2 aromatic rings. The second-order valence-corrected chi connectivity index (χ2v) is 9.33. The molecule has 10 heteroatoms. The number of aromatic amines is 1. The van der Waals surface area contributed by atoms with Crippen LogP contribution in [0, 0.1) is 11.3 Å². The summed E-state index contributed by atoms with van der Waals surface area (Å²) in [5.74, 6) is -1.02. The highest BCUT2D eigenvalue weighted by molar-refractivity contribution is 6.10. The Balaban J connectivity index is 1.46. The van der Waals surface area contributed by atoms with Crippen molar-refractivity contribution in [2.45, 2.75) is 45.6 Å². The Morgan fingerprint density at radius 3 is 2.74 bits per heavy atom. The molecule has 2 aliphatic rings. The Morgan fingerprint density at radius 1 is 1.29 bits per heavy atom. The third-order valence-electron chi connectivity index (χ3n) is 5.79. The molecule has 31 heavy (non-hydrogen) atoms. The number of hydrogen-bond donors (Lipinski definition) is 3. The Labute approximate surface area is 178 Å². The fraction of sp³-hybridized carbons (Fsp3) is 0.476. The second-order valence-electron chi connectivity index (χ2n) is 9.33. The number of carbonyl (C=O) groups excluding carboxylic acids is 3. The lowest BCUT2D eigenvalue weighted by Gasteiger charge is -2.43. The predicted molar refractivity (Wildman–Crippen MR) is 111 cm³/mol. The van der Waals surface area contributed by atoms with Gasteiger partial charge in [0.05, 0.1) is 0 Å². The molecule has 4 amide bonds. The van der Waals surface area contributed by atoms with Gasteiger partial charge in [-0.1, -0.05) is 38.1 Å². The first-order valence-electron chi connectivity index (χ1n) is 10.2. The van der Waals surface area contributed by atoms with Crippen LogP contribution >= 0.6 is 0 Å². The van der Waals surface area contributed by atoms with Crippen LogP contribution in [0.2, 0.25) is 0 Å². The van der Waals surface area contributed by atoms with E-state index in [9.17, 15) is 19.2 Å². The minimum Gasteiger partial charge on any atom is -0.325 e. The zero-order chi connectivity index (χ0) is 22.4. The van der Waals surface area contributed by atoms with Gasteiger partial charge in [0.25, 0.3) is 5.91 Å². The first-order chi connectivity index (χ1) is 14.6. The van der Waals surface area contributed by atoms with E-state index in [-0.39, 0.29) is 29.6 Å². The molecule has 1 aliphatic heterocycles. The molecular weight excluding hydrogens is 402 g/mol. The number of urea groups is 1. The molecule has 1 aromatic carbocycles. The summed E-state index contributed by atoms with van der Waals surface area (Å²) in [6.45, 7) is 5.88. The molecule has 1 saturated carbocycles. The molecule has 2 unspecified atom stereocenters. The van der Waals surface area contributed by atoms with Crippen molar-refractivity contribution < 1.29 is 18.9 Å². The highest BCUT2D eigenvalue weighted by atomic mass is 16.5. The number of amides is 4. The van der Waals surface area contributed by atoms with E-state index in [1.54, 1.807) is 24.3 Å². The number of carbonyl (C=O) groups is 3. The number of hydrogen-bond acceptors (Lipinski definition) is 6. The van der Waals surface area contributed by atoms with Gasteiger partial charge in [-0.05, 0) is 42.7 Å².